The van der Waals surface area contributed by atoms with Crippen LogP contribution in [0.15, 0.2) is 24.3 Å². The number of amides is 1. The molecule has 1 amide bonds. The lowest BCUT2D eigenvalue weighted by atomic mass is 10.2. The molecule has 3 heterocycles. The number of benzene rings is 1. The van der Waals surface area contributed by atoms with Crippen LogP contribution in [0.3, 0.4) is 0 Å². The lowest BCUT2D eigenvalue weighted by molar-refractivity contribution is -0.137. The van der Waals surface area contributed by atoms with Gasteiger partial charge in [-0.2, -0.15) is 5.10 Å². The van der Waals surface area contributed by atoms with E-state index in [2.05, 4.69) is 27.7 Å². The highest BCUT2D eigenvalue weighted by Crippen LogP contribution is 2.30. The Labute approximate surface area is 183 Å². The number of aromatic nitrogens is 2. The Hall–Kier alpha value is -2.58. The number of hydrogen-bond acceptors (Lipinski definition) is 6. The molecule has 0 saturated carbocycles. The normalized spacial score (nSPS) is 19.6. The van der Waals surface area contributed by atoms with Crippen LogP contribution in [0.2, 0.25) is 0 Å². The van der Waals surface area contributed by atoms with Gasteiger partial charge >= 0.3 is 0 Å². The molecule has 2 aliphatic rings. The first-order chi connectivity index (χ1) is 15.0. The van der Waals surface area contributed by atoms with E-state index in [1.807, 2.05) is 25.1 Å². The third-order valence-electron chi connectivity index (χ3n) is 5.99. The molecular formula is C23H32N4O4. The van der Waals surface area contributed by atoms with Crippen molar-refractivity contribution in [3.63, 3.8) is 0 Å². The molecule has 1 unspecified atom stereocenters. The molecule has 0 radical (unpaired) electrons. The van der Waals surface area contributed by atoms with E-state index in [9.17, 15) is 4.79 Å². The zero-order valence-corrected chi connectivity index (χ0v) is 18.7. The van der Waals surface area contributed by atoms with Crippen LogP contribution in [0.4, 0.5) is 0 Å². The molecule has 0 N–H and O–H groups in total. The van der Waals surface area contributed by atoms with E-state index < -0.39 is 0 Å². The van der Waals surface area contributed by atoms with E-state index >= 15 is 0 Å². The highest BCUT2D eigenvalue weighted by atomic mass is 16.5. The average molecular weight is 429 g/mol. The van der Waals surface area contributed by atoms with Crippen molar-refractivity contribution >= 4 is 5.91 Å². The van der Waals surface area contributed by atoms with Crippen LogP contribution in [0.25, 0.3) is 0 Å². The second kappa shape index (κ2) is 9.70. The van der Waals surface area contributed by atoms with Crippen molar-refractivity contribution in [1.82, 2.24) is 19.6 Å². The van der Waals surface area contributed by atoms with Crippen LogP contribution in [0, 0.1) is 13.8 Å². The van der Waals surface area contributed by atoms with Crippen molar-refractivity contribution in [1.29, 1.82) is 0 Å². The smallest absolute Gasteiger partial charge is 0.260 e. The van der Waals surface area contributed by atoms with Crippen molar-refractivity contribution in [2.75, 3.05) is 53.1 Å². The fourth-order valence-corrected chi connectivity index (χ4v) is 4.40. The van der Waals surface area contributed by atoms with Gasteiger partial charge < -0.3 is 19.1 Å². The summed E-state index contributed by atoms with van der Waals surface area (Å²) in [5.41, 5.74) is 3.46. The average Bonchev–Trinajstić information content (AvgIpc) is 3.38. The molecule has 1 aromatic carbocycles. The summed E-state index contributed by atoms with van der Waals surface area (Å²) >= 11 is 0. The minimum absolute atomic E-state index is 0.00610. The van der Waals surface area contributed by atoms with E-state index in [-0.39, 0.29) is 12.5 Å². The van der Waals surface area contributed by atoms with Gasteiger partial charge in [0.1, 0.15) is 0 Å². The fraction of sp³-hybridized carbons (Fsp3) is 0.565. The Bertz CT molecular complexity index is 907. The molecule has 2 aromatic rings. The molecule has 8 nitrogen and oxygen atoms in total. The van der Waals surface area contributed by atoms with E-state index in [0.29, 0.717) is 43.8 Å². The molecule has 2 saturated heterocycles. The van der Waals surface area contributed by atoms with Gasteiger partial charge in [0.05, 0.1) is 32.1 Å². The number of likely N-dealkylation sites (tertiary alicyclic amines) is 1. The maximum atomic E-state index is 12.3. The minimum Gasteiger partial charge on any atom is -0.493 e. The molecule has 0 aliphatic carbocycles. The van der Waals surface area contributed by atoms with E-state index in [1.165, 1.54) is 5.69 Å². The van der Waals surface area contributed by atoms with Crippen molar-refractivity contribution in [2.45, 2.75) is 32.9 Å². The number of methoxy groups -OCH3 is 1. The van der Waals surface area contributed by atoms with Crippen LogP contribution in [-0.4, -0.2) is 78.6 Å². The van der Waals surface area contributed by atoms with Gasteiger partial charge in [0.25, 0.3) is 5.91 Å². The Kier molecular flexibility index (Phi) is 6.77. The van der Waals surface area contributed by atoms with Crippen LogP contribution in [0.5, 0.6) is 11.5 Å². The van der Waals surface area contributed by atoms with E-state index in [4.69, 9.17) is 14.2 Å². The summed E-state index contributed by atoms with van der Waals surface area (Å²) in [4.78, 5) is 16.5. The van der Waals surface area contributed by atoms with Gasteiger partial charge in [0, 0.05) is 38.4 Å². The second-order valence-corrected chi connectivity index (χ2v) is 8.32. The lowest BCUT2D eigenvalue weighted by Crippen LogP contribution is -2.43. The van der Waals surface area contributed by atoms with E-state index in [1.54, 1.807) is 12.0 Å². The molecule has 2 aliphatic heterocycles. The third-order valence-corrected chi connectivity index (χ3v) is 5.99. The van der Waals surface area contributed by atoms with Crippen molar-refractivity contribution in [3.05, 3.63) is 41.2 Å². The van der Waals surface area contributed by atoms with Crippen LogP contribution >= 0.6 is 0 Å². The monoisotopic (exact) mass is 428 g/mol. The summed E-state index contributed by atoms with van der Waals surface area (Å²) < 4.78 is 18.8. The summed E-state index contributed by atoms with van der Waals surface area (Å²) in [5.74, 6) is 1.22. The molecule has 2 fully saturated rings. The maximum Gasteiger partial charge on any atom is 0.260 e. The van der Waals surface area contributed by atoms with Gasteiger partial charge in [0.15, 0.2) is 18.1 Å². The number of carbonyl (C=O) groups excluding carboxylic acids is 1. The number of ether oxygens (including phenoxy) is 3. The van der Waals surface area contributed by atoms with E-state index in [0.717, 1.165) is 37.3 Å². The van der Waals surface area contributed by atoms with Gasteiger partial charge in [-0.1, -0.05) is 6.07 Å². The quantitative estimate of drug-likeness (QED) is 0.674. The Morgan fingerprint density at radius 3 is 2.68 bits per heavy atom. The molecule has 1 atom stereocenters. The summed E-state index contributed by atoms with van der Waals surface area (Å²) in [6.07, 6.45) is 1.10. The van der Waals surface area contributed by atoms with Gasteiger partial charge in [-0.05, 0) is 44.0 Å². The number of rotatable bonds is 7. The molecule has 0 spiro atoms. The Morgan fingerprint density at radius 1 is 1.16 bits per heavy atom. The summed E-state index contributed by atoms with van der Waals surface area (Å²) in [5, 5.41) is 4.66. The molecule has 31 heavy (non-hydrogen) atoms. The van der Waals surface area contributed by atoms with Gasteiger partial charge in [-0.25, -0.2) is 0 Å². The number of hydrogen-bond donors (Lipinski definition) is 0. The summed E-state index contributed by atoms with van der Waals surface area (Å²) in [6.45, 7) is 9.44. The zero-order chi connectivity index (χ0) is 21.8. The number of nitrogens with zero attached hydrogens (tertiary/aromatic N) is 4. The zero-order valence-electron chi connectivity index (χ0n) is 18.7. The summed E-state index contributed by atoms with van der Waals surface area (Å²) in [6, 6.07) is 8.51. The predicted molar refractivity (Wildman–Crippen MR) is 117 cm³/mol. The van der Waals surface area contributed by atoms with Crippen LogP contribution in [0.1, 0.15) is 29.4 Å². The first-order valence-electron chi connectivity index (χ1n) is 10.9. The molecule has 168 valence electrons. The maximum absolute atomic E-state index is 12.3. The largest absolute Gasteiger partial charge is 0.493 e. The number of morpholine rings is 1. The topological polar surface area (TPSA) is 69.1 Å². The fourth-order valence-electron chi connectivity index (χ4n) is 4.40. The number of aryl methyl sites for hydroxylation is 2. The Morgan fingerprint density at radius 2 is 1.97 bits per heavy atom. The molecule has 8 heteroatoms. The molecular weight excluding hydrogens is 396 g/mol. The second-order valence-electron chi connectivity index (χ2n) is 8.32. The Balaban J connectivity index is 1.33. The standard InChI is InChI=1S/C23H32N4O4/c1-17-12-18(2)27(24-17)20-6-7-25(15-20)14-19-4-5-21(22(13-19)29-3)31-16-23(28)26-8-10-30-11-9-26/h4-5,12-13,20H,6-11,14-16H2,1-3H3. The highest BCUT2D eigenvalue weighted by molar-refractivity contribution is 5.78. The van der Waals surface area contributed by atoms with Gasteiger partial charge in [-0.15, -0.1) is 0 Å². The van der Waals surface area contributed by atoms with Crippen LogP contribution in [-0.2, 0) is 16.1 Å². The first kappa shape index (κ1) is 21.6. The highest BCUT2D eigenvalue weighted by Gasteiger charge is 2.26. The molecule has 0 bridgehead atoms. The summed E-state index contributed by atoms with van der Waals surface area (Å²) in [7, 11) is 1.63. The third kappa shape index (κ3) is 5.19. The first-order valence-corrected chi connectivity index (χ1v) is 10.9. The van der Waals surface area contributed by atoms with Crippen molar-refractivity contribution in [2.24, 2.45) is 0 Å². The van der Waals surface area contributed by atoms with Crippen LogP contribution < -0.4 is 9.47 Å². The van der Waals surface area contributed by atoms with Crippen molar-refractivity contribution in [3.8, 4) is 11.5 Å². The number of carbonyl (C=O) groups is 1. The minimum atomic E-state index is -0.0262. The SMILES string of the molecule is COc1cc(CN2CCC(n3nc(C)cc3C)C2)ccc1OCC(=O)N1CCOCC1. The van der Waals surface area contributed by atoms with Crippen molar-refractivity contribution < 1.29 is 19.0 Å². The molecule has 4 rings (SSSR count). The lowest BCUT2D eigenvalue weighted by Gasteiger charge is -2.26. The van der Waals surface area contributed by atoms with Gasteiger partial charge in [0.2, 0.25) is 0 Å². The predicted octanol–water partition coefficient (Wildman–Crippen LogP) is 2.19. The van der Waals surface area contributed by atoms with Gasteiger partial charge in [-0.3, -0.25) is 14.4 Å². The molecule has 1 aromatic heterocycles.